The molecule has 1 atom stereocenters. The summed E-state index contributed by atoms with van der Waals surface area (Å²) < 4.78 is 7.10. The first-order chi connectivity index (χ1) is 11.1. The summed E-state index contributed by atoms with van der Waals surface area (Å²) in [6, 6.07) is 0.316. The monoisotopic (exact) mass is 336 g/mol. The van der Waals surface area contributed by atoms with E-state index in [-0.39, 0.29) is 5.91 Å². The maximum atomic E-state index is 12.5. The molecule has 0 aliphatic carbocycles. The van der Waals surface area contributed by atoms with Gasteiger partial charge in [0, 0.05) is 37.5 Å². The maximum absolute atomic E-state index is 12.5. The number of nitrogens with zero attached hydrogens (tertiary/aromatic N) is 4. The third kappa shape index (κ3) is 3.42. The van der Waals surface area contributed by atoms with Crippen molar-refractivity contribution in [2.45, 2.75) is 45.6 Å². The summed E-state index contributed by atoms with van der Waals surface area (Å²) in [5.41, 5.74) is 1.59. The summed E-state index contributed by atoms with van der Waals surface area (Å²) in [6.07, 6.45) is 6.90. The van der Waals surface area contributed by atoms with Crippen molar-refractivity contribution in [3.8, 4) is 0 Å². The van der Waals surface area contributed by atoms with Crippen LogP contribution in [0.2, 0.25) is 5.22 Å². The molecule has 1 saturated heterocycles. The van der Waals surface area contributed by atoms with Gasteiger partial charge in [-0.05, 0) is 44.7 Å². The highest BCUT2D eigenvalue weighted by atomic mass is 35.5. The number of hydrogen-bond donors (Lipinski definition) is 0. The number of aromatic nitrogens is 3. The predicted molar refractivity (Wildman–Crippen MR) is 86.4 cm³/mol. The van der Waals surface area contributed by atoms with Gasteiger partial charge < -0.3 is 14.0 Å². The Morgan fingerprint density at radius 3 is 2.96 bits per heavy atom. The Morgan fingerprint density at radius 2 is 2.30 bits per heavy atom. The van der Waals surface area contributed by atoms with E-state index in [1.54, 1.807) is 0 Å². The highest BCUT2D eigenvalue weighted by molar-refractivity contribution is 6.29. The fourth-order valence-corrected chi connectivity index (χ4v) is 3.48. The molecule has 6 nitrogen and oxygen atoms in total. The number of hydrogen-bond acceptors (Lipinski definition) is 4. The van der Waals surface area contributed by atoms with Gasteiger partial charge in [0.2, 0.25) is 11.1 Å². The lowest BCUT2D eigenvalue weighted by molar-refractivity contribution is -0.132. The molecule has 1 amide bonds. The van der Waals surface area contributed by atoms with Gasteiger partial charge in [-0.15, -0.1) is 0 Å². The van der Waals surface area contributed by atoms with E-state index in [2.05, 4.69) is 14.7 Å². The van der Waals surface area contributed by atoms with Crippen LogP contribution < -0.4 is 0 Å². The summed E-state index contributed by atoms with van der Waals surface area (Å²) in [7, 11) is 0. The summed E-state index contributed by atoms with van der Waals surface area (Å²) in [5, 5.41) is 4.11. The lowest BCUT2D eigenvalue weighted by atomic mass is 10.0. The van der Waals surface area contributed by atoms with Crippen molar-refractivity contribution in [1.82, 2.24) is 19.6 Å². The minimum atomic E-state index is 0.157. The zero-order chi connectivity index (χ0) is 16.4. The van der Waals surface area contributed by atoms with Crippen molar-refractivity contribution < 1.29 is 9.32 Å². The highest BCUT2D eigenvalue weighted by Gasteiger charge is 2.25. The Bertz CT molecular complexity index is 675. The maximum Gasteiger partial charge on any atom is 0.229 e. The van der Waals surface area contributed by atoms with Gasteiger partial charge in [0.15, 0.2) is 0 Å². The van der Waals surface area contributed by atoms with Crippen LogP contribution in [-0.2, 0) is 11.2 Å². The van der Waals surface area contributed by atoms with Gasteiger partial charge in [0.05, 0.1) is 11.7 Å². The molecule has 2 aromatic rings. The first-order valence-electron chi connectivity index (χ1n) is 7.94. The van der Waals surface area contributed by atoms with Gasteiger partial charge in [-0.3, -0.25) is 4.79 Å². The van der Waals surface area contributed by atoms with Gasteiger partial charge in [-0.1, -0.05) is 5.16 Å². The molecule has 0 saturated carbocycles. The number of halogens is 1. The molecule has 0 radical (unpaired) electrons. The van der Waals surface area contributed by atoms with Crippen molar-refractivity contribution in [1.29, 1.82) is 0 Å². The molecular formula is C16H21ClN4O2. The standard InChI is InChI=1S/C16H21ClN4O2/c1-11-14(16(17)23-19-11)5-6-15(22)20-8-3-4-13(10-20)21-9-7-18-12(21)2/h7,9,13H,3-6,8,10H2,1-2H3. The second-order valence-electron chi connectivity index (χ2n) is 6.04. The minimum absolute atomic E-state index is 0.157. The normalized spacial score (nSPS) is 18.4. The molecule has 7 heteroatoms. The van der Waals surface area contributed by atoms with Gasteiger partial charge >= 0.3 is 0 Å². The number of aryl methyl sites for hydroxylation is 2. The largest absolute Gasteiger partial charge is 0.344 e. The molecule has 0 N–H and O–H groups in total. The first kappa shape index (κ1) is 16.1. The average molecular weight is 337 g/mol. The third-order valence-corrected chi connectivity index (χ3v) is 4.83. The van der Waals surface area contributed by atoms with Crippen LogP contribution in [0.3, 0.4) is 0 Å². The van der Waals surface area contributed by atoms with Gasteiger partial charge in [-0.25, -0.2) is 4.98 Å². The fourth-order valence-electron chi connectivity index (χ4n) is 3.21. The zero-order valence-corrected chi connectivity index (χ0v) is 14.2. The van der Waals surface area contributed by atoms with Crippen LogP contribution in [-0.4, -0.2) is 38.6 Å². The molecule has 124 valence electrons. The molecule has 0 spiro atoms. The first-order valence-corrected chi connectivity index (χ1v) is 8.32. The van der Waals surface area contributed by atoms with Crippen LogP contribution in [0.4, 0.5) is 0 Å². The molecule has 3 rings (SSSR count). The zero-order valence-electron chi connectivity index (χ0n) is 13.5. The topological polar surface area (TPSA) is 64.2 Å². The van der Waals surface area contributed by atoms with Crippen molar-refractivity contribution in [3.63, 3.8) is 0 Å². The number of carbonyl (C=O) groups is 1. The molecule has 1 fully saturated rings. The number of carbonyl (C=O) groups excluding carboxylic acids is 1. The average Bonchev–Trinajstić information content (AvgIpc) is 3.11. The molecule has 2 aromatic heterocycles. The van der Waals surface area contributed by atoms with Crippen molar-refractivity contribution in [3.05, 3.63) is 34.7 Å². The second-order valence-corrected chi connectivity index (χ2v) is 6.38. The van der Waals surface area contributed by atoms with E-state index in [0.29, 0.717) is 24.1 Å². The number of rotatable bonds is 4. The van der Waals surface area contributed by atoms with Crippen LogP contribution in [0, 0.1) is 13.8 Å². The quantitative estimate of drug-likeness (QED) is 0.861. The van der Waals surface area contributed by atoms with Gasteiger partial charge in [0.1, 0.15) is 5.82 Å². The van der Waals surface area contributed by atoms with E-state index in [0.717, 1.165) is 43.0 Å². The van der Waals surface area contributed by atoms with Crippen LogP contribution in [0.15, 0.2) is 16.9 Å². The van der Waals surface area contributed by atoms with E-state index in [1.165, 1.54) is 0 Å². The Labute approximate surface area is 140 Å². The number of piperidine rings is 1. The molecule has 3 heterocycles. The van der Waals surface area contributed by atoms with E-state index in [1.807, 2.05) is 31.1 Å². The van der Waals surface area contributed by atoms with Crippen LogP contribution >= 0.6 is 11.6 Å². The van der Waals surface area contributed by atoms with Crippen molar-refractivity contribution >= 4 is 17.5 Å². The second kappa shape index (κ2) is 6.74. The van der Waals surface area contributed by atoms with E-state index in [4.69, 9.17) is 16.1 Å². The molecule has 1 aliphatic heterocycles. The lowest BCUT2D eigenvalue weighted by Gasteiger charge is -2.34. The highest BCUT2D eigenvalue weighted by Crippen LogP contribution is 2.24. The molecular weight excluding hydrogens is 316 g/mol. The fraction of sp³-hybridized carbons (Fsp3) is 0.562. The summed E-state index contributed by atoms with van der Waals surface area (Å²) in [5.74, 6) is 1.15. The lowest BCUT2D eigenvalue weighted by Crippen LogP contribution is -2.40. The van der Waals surface area contributed by atoms with Gasteiger partial charge in [-0.2, -0.15) is 0 Å². The van der Waals surface area contributed by atoms with Crippen LogP contribution in [0.1, 0.15) is 42.4 Å². The van der Waals surface area contributed by atoms with Crippen molar-refractivity contribution in [2.75, 3.05) is 13.1 Å². The minimum Gasteiger partial charge on any atom is -0.344 e. The molecule has 23 heavy (non-hydrogen) atoms. The molecule has 1 aliphatic rings. The smallest absolute Gasteiger partial charge is 0.229 e. The van der Waals surface area contributed by atoms with Crippen molar-refractivity contribution in [2.24, 2.45) is 0 Å². The van der Waals surface area contributed by atoms with Crippen LogP contribution in [0.25, 0.3) is 0 Å². The Hall–Kier alpha value is -1.82. The molecule has 0 aromatic carbocycles. The Kier molecular flexibility index (Phi) is 4.71. The third-order valence-electron chi connectivity index (χ3n) is 4.53. The number of likely N-dealkylation sites (tertiary alicyclic amines) is 1. The summed E-state index contributed by atoms with van der Waals surface area (Å²) >= 11 is 5.96. The Morgan fingerprint density at radius 1 is 1.48 bits per heavy atom. The Balaban J connectivity index is 1.60. The predicted octanol–water partition coefficient (Wildman–Crippen LogP) is 2.94. The van der Waals surface area contributed by atoms with Crippen LogP contribution in [0.5, 0.6) is 0 Å². The number of amides is 1. The molecule has 1 unspecified atom stereocenters. The number of imidazole rings is 1. The van der Waals surface area contributed by atoms with E-state index in [9.17, 15) is 4.79 Å². The molecule has 0 bridgehead atoms. The van der Waals surface area contributed by atoms with E-state index >= 15 is 0 Å². The SMILES string of the molecule is Cc1noc(Cl)c1CCC(=O)N1CCCC(n2ccnc2C)C1. The summed E-state index contributed by atoms with van der Waals surface area (Å²) in [6.45, 7) is 5.40. The van der Waals surface area contributed by atoms with Gasteiger partial charge in [0.25, 0.3) is 0 Å². The summed E-state index contributed by atoms with van der Waals surface area (Å²) in [4.78, 5) is 18.8. The van der Waals surface area contributed by atoms with E-state index < -0.39 is 0 Å².